The highest BCUT2D eigenvalue weighted by Crippen LogP contribution is 2.36. The Hall–Kier alpha value is -1.50. The van der Waals surface area contributed by atoms with Crippen LogP contribution in [0.25, 0.3) is 0 Å². The van der Waals surface area contributed by atoms with Crippen molar-refractivity contribution in [3.05, 3.63) is 0 Å². The van der Waals surface area contributed by atoms with Gasteiger partial charge >= 0.3 is 12.2 Å². The molecule has 2 atom stereocenters. The average Bonchev–Trinajstić information content (AvgIpc) is 2.88. The normalized spacial score (nSPS) is 25.7. The first-order valence-electron chi connectivity index (χ1n) is 8.24. The minimum atomic E-state index is -0.640. The van der Waals surface area contributed by atoms with Crippen molar-refractivity contribution in [2.75, 3.05) is 13.2 Å². The highest BCUT2D eigenvalue weighted by atomic mass is 16.6. The third-order valence-corrected chi connectivity index (χ3v) is 4.35. The van der Waals surface area contributed by atoms with Crippen LogP contribution in [0, 0.1) is 0 Å². The first-order chi connectivity index (χ1) is 10.6. The first kappa shape index (κ1) is 17.8. The van der Waals surface area contributed by atoms with E-state index in [0.717, 1.165) is 0 Å². The van der Waals surface area contributed by atoms with Crippen molar-refractivity contribution in [1.82, 2.24) is 9.80 Å². The largest absolute Gasteiger partial charge is 0.449 e. The summed E-state index contributed by atoms with van der Waals surface area (Å²) in [5.74, 6) is 0. The molecule has 0 radical (unpaired) electrons. The molecule has 2 saturated heterocycles. The summed E-state index contributed by atoms with van der Waals surface area (Å²) in [7, 11) is 0. The molecule has 7 nitrogen and oxygen atoms in total. The van der Waals surface area contributed by atoms with Gasteiger partial charge in [-0.15, -0.1) is 0 Å². The van der Waals surface area contributed by atoms with E-state index in [-0.39, 0.29) is 43.0 Å². The predicted octanol–water partition coefficient (Wildman–Crippen LogP) is 2.59. The van der Waals surface area contributed by atoms with Gasteiger partial charge in [0.05, 0.1) is 19.3 Å². The van der Waals surface area contributed by atoms with Gasteiger partial charge in [-0.05, 0) is 41.5 Å². The van der Waals surface area contributed by atoms with Crippen LogP contribution in [0.4, 0.5) is 9.59 Å². The third-order valence-electron chi connectivity index (χ3n) is 4.35. The van der Waals surface area contributed by atoms with Crippen molar-refractivity contribution in [1.29, 1.82) is 0 Å². The molecular weight excluding hydrogens is 300 g/mol. The molecular formula is C16H28N2O5. The Morgan fingerprint density at radius 2 is 1.96 bits per heavy atom. The van der Waals surface area contributed by atoms with E-state index in [1.54, 1.807) is 9.80 Å². The maximum absolute atomic E-state index is 12.2. The Balaban J connectivity index is 1.86. The van der Waals surface area contributed by atoms with Gasteiger partial charge in [0.2, 0.25) is 0 Å². The second-order valence-corrected chi connectivity index (χ2v) is 7.12. The van der Waals surface area contributed by atoms with E-state index in [1.165, 1.54) is 0 Å². The highest BCUT2D eigenvalue weighted by Gasteiger charge is 2.53. The number of carbonyl (C=O) groups excluding carboxylic acids is 2. The lowest BCUT2D eigenvalue weighted by Crippen LogP contribution is -2.44. The lowest BCUT2D eigenvalue weighted by molar-refractivity contribution is -0.0392. The maximum atomic E-state index is 12.2. The van der Waals surface area contributed by atoms with Gasteiger partial charge in [-0.2, -0.15) is 0 Å². The van der Waals surface area contributed by atoms with Gasteiger partial charge in [0.15, 0.2) is 0 Å². The van der Waals surface area contributed by atoms with E-state index < -0.39 is 5.72 Å². The van der Waals surface area contributed by atoms with Gasteiger partial charge in [0.1, 0.15) is 11.8 Å². The number of fused-ring (bicyclic) bond motifs is 1. The number of hydrogen-bond donors (Lipinski definition) is 0. The Kier molecular flexibility index (Phi) is 5.08. The molecule has 0 aromatic carbocycles. The van der Waals surface area contributed by atoms with E-state index in [1.807, 2.05) is 41.5 Å². The highest BCUT2D eigenvalue weighted by molar-refractivity contribution is 5.72. The van der Waals surface area contributed by atoms with Crippen molar-refractivity contribution in [2.45, 2.75) is 77.9 Å². The van der Waals surface area contributed by atoms with E-state index in [9.17, 15) is 9.59 Å². The second-order valence-electron chi connectivity index (χ2n) is 7.12. The second kappa shape index (κ2) is 6.55. The summed E-state index contributed by atoms with van der Waals surface area (Å²) in [5, 5.41) is 0. The molecule has 2 aliphatic heterocycles. The number of cyclic esters (lactones) is 1. The number of rotatable bonds is 5. The van der Waals surface area contributed by atoms with Crippen LogP contribution in [0.5, 0.6) is 0 Å². The Labute approximate surface area is 137 Å². The van der Waals surface area contributed by atoms with Crippen LogP contribution in [0.2, 0.25) is 0 Å². The Morgan fingerprint density at radius 3 is 2.52 bits per heavy atom. The van der Waals surface area contributed by atoms with Crippen LogP contribution in [-0.2, 0) is 14.2 Å². The molecule has 0 spiro atoms. The molecule has 2 aliphatic rings. The van der Waals surface area contributed by atoms with Crippen molar-refractivity contribution < 1.29 is 23.8 Å². The smallest absolute Gasteiger partial charge is 0.412 e. The topological polar surface area (TPSA) is 68.3 Å². The van der Waals surface area contributed by atoms with Crippen LogP contribution in [0.3, 0.4) is 0 Å². The molecule has 0 N–H and O–H groups in total. The van der Waals surface area contributed by atoms with Crippen LogP contribution in [-0.4, -0.2) is 65.2 Å². The molecule has 2 fully saturated rings. The Morgan fingerprint density at radius 1 is 1.35 bits per heavy atom. The lowest BCUT2D eigenvalue weighted by Gasteiger charge is -2.29. The van der Waals surface area contributed by atoms with Crippen molar-refractivity contribution in [3.8, 4) is 0 Å². The number of carbonyl (C=O) groups is 2. The quantitative estimate of drug-likeness (QED) is 0.776. The van der Waals surface area contributed by atoms with Crippen molar-refractivity contribution in [3.63, 3.8) is 0 Å². The first-order valence-corrected chi connectivity index (χ1v) is 8.24. The number of nitrogens with zero attached hydrogens (tertiary/aromatic N) is 2. The number of ether oxygens (including phenoxy) is 3. The predicted molar refractivity (Wildman–Crippen MR) is 84.0 cm³/mol. The van der Waals surface area contributed by atoms with Crippen LogP contribution in [0.1, 0.15) is 48.0 Å². The molecule has 23 heavy (non-hydrogen) atoms. The summed E-state index contributed by atoms with van der Waals surface area (Å²) < 4.78 is 16.4. The van der Waals surface area contributed by atoms with Gasteiger partial charge in [-0.3, -0.25) is 4.90 Å². The fraction of sp³-hybridized carbons (Fsp3) is 0.875. The standard InChI is InChI=1S/C16H28N2O5/c1-10(2)17(11(3)4)14(19)21-8-7-13-12-9-22-16(5,6)18(12)15(20)23-13/h10-13H,7-9H2,1-6H3/t12-,13+/m0/s1. The van der Waals surface area contributed by atoms with E-state index in [4.69, 9.17) is 14.2 Å². The molecule has 0 aromatic heterocycles. The maximum Gasteiger partial charge on any atom is 0.412 e. The van der Waals surface area contributed by atoms with Crippen LogP contribution in [0.15, 0.2) is 0 Å². The van der Waals surface area contributed by atoms with Gasteiger partial charge in [0, 0.05) is 18.5 Å². The summed E-state index contributed by atoms with van der Waals surface area (Å²) in [6.07, 6.45) is -0.523. The average molecular weight is 328 g/mol. The van der Waals surface area contributed by atoms with Crippen molar-refractivity contribution >= 4 is 12.2 Å². The number of amides is 2. The summed E-state index contributed by atoms with van der Waals surface area (Å²) in [6.45, 7) is 12.2. The van der Waals surface area contributed by atoms with Gasteiger partial charge in [0.25, 0.3) is 0 Å². The van der Waals surface area contributed by atoms with Gasteiger partial charge < -0.3 is 19.1 Å². The Bertz CT molecular complexity index is 455. The fourth-order valence-electron chi connectivity index (χ4n) is 3.33. The fourth-order valence-corrected chi connectivity index (χ4v) is 3.33. The zero-order chi connectivity index (χ0) is 17.4. The molecule has 0 unspecified atom stereocenters. The van der Waals surface area contributed by atoms with E-state index in [2.05, 4.69) is 0 Å². The van der Waals surface area contributed by atoms with E-state index >= 15 is 0 Å². The molecule has 2 heterocycles. The molecule has 132 valence electrons. The minimum Gasteiger partial charge on any atom is -0.449 e. The molecule has 2 rings (SSSR count). The molecule has 0 aliphatic carbocycles. The summed E-state index contributed by atoms with van der Waals surface area (Å²) in [6, 6.07) is 0.0418. The summed E-state index contributed by atoms with van der Waals surface area (Å²) in [4.78, 5) is 27.5. The van der Waals surface area contributed by atoms with Crippen LogP contribution < -0.4 is 0 Å². The van der Waals surface area contributed by atoms with E-state index in [0.29, 0.717) is 13.0 Å². The molecule has 0 bridgehead atoms. The van der Waals surface area contributed by atoms with Gasteiger partial charge in [-0.25, -0.2) is 9.59 Å². The molecule has 0 saturated carbocycles. The third kappa shape index (κ3) is 3.54. The molecule has 7 heteroatoms. The molecule has 0 aromatic rings. The minimum absolute atomic E-state index is 0.0753. The monoisotopic (exact) mass is 328 g/mol. The zero-order valence-electron chi connectivity index (χ0n) is 14.9. The lowest BCUT2D eigenvalue weighted by atomic mass is 10.1. The summed E-state index contributed by atoms with van der Waals surface area (Å²) >= 11 is 0. The van der Waals surface area contributed by atoms with Crippen LogP contribution >= 0.6 is 0 Å². The zero-order valence-corrected chi connectivity index (χ0v) is 14.9. The summed E-state index contributed by atoms with van der Waals surface area (Å²) in [5.41, 5.74) is -0.640. The SMILES string of the molecule is CC(C)N(C(=O)OCC[C@H]1OC(=O)N2[C@H]1COC2(C)C)C(C)C. The van der Waals surface area contributed by atoms with Crippen molar-refractivity contribution in [2.24, 2.45) is 0 Å². The number of hydrogen-bond acceptors (Lipinski definition) is 5. The van der Waals surface area contributed by atoms with Gasteiger partial charge in [-0.1, -0.05) is 0 Å². The molecule has 2 amide bonds.